The largest absolute Gasteiger partial charge is 0.494 e. The minimum Gasteiger partial charge on any atom is -0.494 e. The van der Waals surface area contributed by atoms with Crippen LogP contribution in [0.15, 0.2) is 53.5 Å². The monoisotopic (exact) mass is 365 g/mol. The average molecular weight is 366 g/mol. The highest BCUT2D eigenvalue weighted by Crippen LogP contribution is 2.17. The molecule has 0 bridgehead atoms. The van der Waals surface area contributed by atoms with E-state index in [1.165, 1.54) is 56.9 Å². The van der Waals surface area contributed by atoms with Gasteiger partial charge in [0.05, 0.1) is 12.3 Å². The standard InChI is InChI=1S/C25H35NO/c1-3-5-6-7-8-9-10-11-22-12-16-24(17-13-22)26-21-23-14-18-25(19-15-23)27-20-4-2/h12-19,21H,3-11,20H2,1-2H3. The summed E-state index contributed by atoms with van der Waals surface area (Å²) in [5.41, 5.74) is 3.51. The highest BCUT2D eigenvalue weighted by atomic mass is 16.5. The van der Waals surface area contributed by atoms with Gasteiger partial charge in [0.25, 0.3) is 0 Å². The number of ether oxygens (including phenoxy) is 1. The molecule has 0 unspecified atom stereocenters. The van der Waals surface area contributed by atoms with Gasteiger partial charge >= 0.3 is 0 Å². The highest BCUT2D eigenvalue weighted by Gasteiger charge is 1.96. The summed E-state index contributed by atoms with van der Waals surface area (Å²) in [5, 5.41) is 0. The van der Waals surface area contributed by atoms with Crippen LogP contribution in [0, 0.1) is 0 Å². The maximum atomic E-state index is 5.61. The first-order chi connectivity index (χ1) is 13.3. The van der Waals surface area contributed by atoms with Crippen molar-refractivity contribution >= 4 is 11.9 Å². The van der Waals surface area contributed by atoms with E-state index in [0.29, 0.717) is 0 Å². The second-order valence-corrected chi connectivity index (χ2v) is 7.21. The zero-order chi connectivity index (χ0) is 19.2. The summed E-state index contributed by atoms with van der Waals surface area (Å²) in [4.78, 5) is 4.58. The van der Waals surface area contributed by atoms with Crippen LogP contribution in [-0.2, 0) is 6.42 Å². The Morgan fingerprint density at radius 2 is 1.41 bits per heavy atom. The normalized spacial score (nSPS) is 11.2. The summed E-state index contributed by atoms with van der Waals surface area (Å²) in [5.74, 6) is 0.920. The average Bonchev–Trinajstić information content (AvgIpc) is 2.71. The third kappa shape index (κ3) is 8.90. The second-order valence-electron chi connectivity index (χ2n) is 7.21. The van der Waals surface area contributed by atoms with E-state index in [1.807, 2.05) is 30.5 Å². The number of aliphatic imine (C=N–C) groups is 1. The van der Waals surface area contributed by atoms with Gasteiger partial charge in [0.15, 0.2) is 0 Å². The molecule has 27 heavy (non-hydrogen) atoms. The summed E-state index contributed by atoms with van der Waals surface area (Å²) >= 11 is 0. The Morgan fingerprint density at radius 3 is 2.07 bits per heavy atom. The zero-order valence-electron chi connectivity index (χ0n) is 17.1. The van der Waals surface area contributed by atoms with Crippen molar-refractivity contribution in [3.8, 4) is 5.75 Å². The first-order valence-electron chi connectivity index (χ1n) is 10.7. The number of aryl methyl sites for hydroxylation is 1. The molecule has 0 aromatic heterocycles. The van der Waals surface area contributed by atoms with Crippen molar-refractivity contribution in [3.05, 3.63) is 59.7 Å². The van der Waals surface area contributed by atoms with Crippen LogP contribution in [0.2, 0.25) is 0 Å². The predicted octanol–water partition coefficient (Wildman–Crippen LogP) is 7.52. The highest BCUT2D eigenvalue weighted by molar-refractivity contribution is 5.82. The summed E-state index contributed by atoms with van der Waals surface area (Å²) in [6.45, 7) is 5.15. The topological polar surface area (TPSA) is 21.6 Å². The van der Waals surface area contributed by atoms with E-state index in [2.05, 4.69) is 43.1 Å². The van der Waals surface area contributed by atoms with Crippen molar-refractivity contribution in [1.29, 1.82) is 0 Å². The molecular formula is C25H35NO. The lowest BCUT2D eigenvalue weighted by Gasteiger charge is -2.04. The molecule has 146 valence electrons. The van der Waals surface area contributed by atoms with Crippen molar-refractivity contribution in [2.75, 3.05) is 6.61 Å². The van der Waals surface area contributed by atoms with E-state index in [4.69, 9.17) is 4.74 Å². The molecule has 0 N–H and O–H groups in total. The number of hydrogen-bond donors (Lipinski definition) is 0. The minimum atomic E-state index is 0.763. The Hall–Kier alpha value is -2.09. The van der Waals surface area contributed by atoms with Gasteiger partial charge in [0.1, 0.15) is 5.75 Å². The Kier molecular flexibility index (Phi) is 10.3. The van der Waals surface area contributed by atoms with Crippen molar-refractivity contribution in [2.45, 2.75) is 71.6 Å². The van der Waals surface area contributed by atoms with Gasteiger partial charge in [-0.1, -0.05) is 64.5 Å². The molecule has 2 rings (SSSR count). The van der Waals surface area contributed by atoms with Gasteiger partial charge in [0, 0.05) is 6.21 Å². The molecule has 0 amide bonds. The molecule has 2 aromatic rings. The molecule has 0 aliphatic carbocycles. The summed E-state index contributed by atoms with van der Waals surface area (Å²) in [7, 11) is 0. The van der Waals surface area contributed by atoms with E-state index in [9.17, 15) is 0 Å². The van der Waals surface area contributed by atoms with Crippen molar-refractivity contribution in [1.82, 2.24) is 0 Å². The number of hydrogen-bond acceptors (Lipinski definition) is 2. The minimum absolute atomic E-state index is 0.763. The lowest BCUT2D eigenvalue weighted by molar-refractivity contribution is 0.317. The SMILES string of the molecule is CCCCCCCCCc1ccc(N=Cc2ccc(OCCC)cc2)cc1. The van der Waals surface area contributed by atoms with Crippen molar-refractivity contribution in [2.24, 2.45) is 4.99 Å². The maximum absolute atomic E-state index is 5.61. The smallest absolute Gasteiger partial charge is 0.119 e. The first kappa shape index (κ1) is 21.2. The number of unbranched alkanes of at least 4 members (excludes halogenated alkanes) is 6. The van der Waals surface area contributed by atoms with Crippen molar-refractivity contribution in [3.63, 3.8) is 0 Å². The molecule has 2 nitrogen and oxygen atoms in total. The number of rotatable bonds is 13. The lowest BCUT2D eigenvalue weighted by Crippen LogP contribution is -1.94. The van der Waals surface area contributed by atoms with Crippen LogP contribution in [0.25, 0.3) is 0 Å². The molecule has 0 spiro atoms. The fourth-order valence-electron chi connectivity index (χ4n) is 3.05. The molecule has 2 aromatic carbocycles. The summed E-state index contributed by atoms with van der Waals surface area (Å²) < 4.78 is 5.61. The van der Waals surface area contributed by atoms with Gasteiger partial charge in [-0.2, -0.15) is 0 Å². The third-order valence-electron chi connectivity index (χ3n) is 4.72. The van der Waals surface area contributed by atoms with Crippen LogP contribution in [0.4, 0.5) is 5.69 Å². The van der Waals surface area contributed by atoms with Gasteiger partial charge in [-0.15, -0.1) is 0 Å². The van der Waals surface area contributed by atoms with E-state index in [1.54, 1.807) is 0 Å². The Balaban J connectivity index is 1.72. The number of nitrogens with zero attached hydrogens (tertiary/aromatic N) is 1. The third-order valence-corrected chi connectivity index (χ3v) is 4.72. The van der Waals surface area contributed by atoms with E-state index in [0.717, 1.165) is 30.0 Å². The van der Waals surface area contributed by atoms with Gasteiger partial charge in [-0.25, -0.2) is 0 Å². The van der Waals surface area contributed by atoms with Crippen LogP contribution >= 0.6 is 0 Å². The quantitative estimate of drug-likeness (QED) is 0.266. The molecule has 2 heteroatoms. The van der Waals surface area contributed by atoms with Gasteiger partial charge in [-0.3, -0.25) is 4.99 Å². The maximum Gasteiger partial charge on any atom is 0.119 e. The Bertz CT molecular complexity index is 643. The van der Waals surface area contributed by atoms with E-state index >= 15 is 0 Å². The molecule has 0 fully saturated rings. The van der Waals surface area contributed by atoms with Crippen LogP contribution in [0.5, 0.6) is 5.75 Å². The van der Waals surface area contributed by atoms with E-state index in [-0.39, 0.29) is 0 Å². The second kappa shape index (κ2) is 13.1. The molecular weight excluding hydrogens is 330 g/mol. The molecule has 0 saturated carbocycles. The lowest BCUT2D eigenvalue weighted by atomic mass is 10.0. The van der Waals surface area contributed by atoms with Crippen LogP contribution in [0.1, 0.15) is 76.3 Å². The van der Waals surface area contributed by atoms with Gasteiger partial charge < -0.3 is 4.74 Å². The number of benzene rings is 2. The predicted molar refractivity (Wildman–Crippen MR) is 118 cm³/mol. The van der Waals surface area contributed by atoms with E-state index < -0.39 is 0 Å². The fourth-order valence-corrected chi connectivity index (χ4v) is 3.05. The molecule has 0 radical (unpaired) electrons. The first-order valence-corrected chi connectivity index (χ1v) is 10.7. The molecule has 0 aliphatic rings. The van der Waals surface area contributed by atoms with Crippen LogP contribution < -0.4 is 4.74 Å². The van der Waals surface area contributed by atoms with Crippen LogP contribution in [0.3, 0.4) is 0 Å². The zero-order valence-corrected chi connectivity index (χ0v) is 17.1. The Morgan fingerprint density at radius 1 is 0.741 bits per heavy atom. The summed E-state index contributed by atoms with van der Waals surface area (Å²) in [6, 6.07) is 16.8. The van der Waals surface area contributed by atoms with Gasteiger partial charge in [0.2, 0.25) is 0 Å². The molecule has 0 saturated heterocycles. The molecule has 0 heterocycles. The fraction of sp³-hybridized carbons (Fsp3) is 0.480. The van der Waals surface area contributed by atoms with Gasteiger partial charge in [-0.05, 0) is 66.8 Å². The molecule has 0 aliphatic heterocycles. The van der Waals surface area contributed by atoms with Crippen LogP contribution in [-0.4, -0.2) is 12.8 Å². The summed E-state index contributed by atoms with van der Waals surface area (Å²) in [6.07, 6.45) is 13.6. The van der Waals surface area contributed by atoms with Crippen molar-refractivity contribution < 1.29 is 4.74 Å². The Labute approximate surface area is 165 Å². The molecule has 0 atom stereocenters.